The predicted molar refractivity (Wildman–Crippen MR) is 65.1 cm³/mol. The average Bonchev–Trinajstić information content (AvgIpc) is 2.13. The number of rotatable bonds is 3. The zero-order chi connectivity index (χ0) is 11.5. The van der Waals surface area contributed by atoms with Gasteiger partial charge in [-0.15, -0.1) is 0 Å². The predicted octanol–water partition coefficient (Wildman–Crippen LogP) is 3.30. The van der Waals surface area contributed by atoms with Crippen molar-refractivity contribution >= 4 is 0 Å². The van der Waals surface area contributed by atoms with Crippen LogP contribution in [0.1, 0.15) is 45.2 Å². The highest BCUT2D eigenvalue weighted by Crippen LogP contribution is 2.26. The summed E-state index contributed by atoms with van der Waals surface area (Å²) < 4.78 is 0. The van der Waals surface area contributed by atoms with Crippen LogP contribution in [-0.4, -0.2) is 11.2 Å². The summed E-state index contributed by atoms with van der Waals surface area (Å²) in [6.07, 6.45) is 1.59. The Hall–Kier alpha value is -0.820. The van der Waals surface area contributed by atoms with Crippen molar-refractivity contribution in [3.8, 4) is 0 Å². The minimum Gasteiger partial charge on any atom is -0.393 e. The molecule has 1 nitrogen and oxygen atoms in total. The standard InChI is InChI=1S/C14H22O/c1-11(15)9-10-12-7-5-6-8-13(12)14(2,3)4/h5-8,11,15H,9-10H2,1-4H3/t11-/m0/s1. The molecule has 0 saturated heterocycles. The van der Waals surface area contributed by atoms with Crippen molar-refractivity contribution < 1.29 is 5.11 Å². The van der Waals surface area contributed by atoms with Gasteiger partial charge in [-0.25, -0.2) is 0 Å². The number of aliphatic hydroxyl groups is 1. The van der Waals surface area contributed by atoms with Gasteiger partial charge in [0, 0.05) is 0 Å². The van der Waals surface area contributed by atoms with E-state index in [1.54, 1.807) is 0 Å². The molecule has 84 valence electrons. The second-order valence-corrected chi connectivity index (χ2v) is 5.29. The minimum absolute atomic E-state index is 0.190. The fourth-order valence-corrected chi connectivity index (χ4v) is 1.83. The highest BCUT2D eigenvalue weighted by molar-refractivity contribution is 5.32. The molecular weight excluding hydrogens is 184 g/mol. The molecule has 0 spiro atoms. The Balaban J connectivity index is 2.87. The van der Waals surface area contributed by atoms with Crippen molar-refractivity contribution in [2.24, 2.45) is 0 Å². The highest BCUT2D eigenvalue weighted by Gasteiger charge is 2.16. The Morgan fingerprint density at radius 2 is 1.80 bits per heavy atom. The third kappa shape index (κ3) is 3.67. The quantitative estimate of drug-likeness (QED) is 0.804. The monoisotopic (exact) mass is 206 g/mol. The summed E-state index contributed by atoms with van der Waals surface area (Å²) in [4.78, 5) is 0. The smallest absolute Gasteiger partial charge is 0.0515 e. The van der Waals surface area contributed by atoms with Gasteiger partial charge in [0.05, 0.1) is 6.10 Å². The molecule has 1 aromatic carbocycles. The molecule has 1 aromatic rings. The highest BCUT2D eigenvalue weighted by atomic mass is 16.3. The molecule has 0 heterocycles. The van der Waals surface area contributed by atoms with E-state index in [1.165, 1.54) is 11.1 Å². The molecule has 0 bridgehead atoms. The lowest BCUT2D eigenvalue weighted by Crippen LogP contribution is -2.15. The summed E-state index contributed by atoms with van der Waals surface area (Å²) in [6, 6.07) is 8.53. The SMILES string of the molecule is C[C@H](O)CCc1ccccc1C(C)(C)C. The van der Waals surface area contributed by atoms with Gasteiger partial charge in [-0.1, -0.05) is 45.0 Å². The summed E-state index contributed by atoms with van der Waals surface area (Å²) in [5.41, 5.74) is 2.95. The molecule has 1 atom stereocenters. The zero-order valence-electron chi connectivity index (χ0n) is 10.2. The summed E-state index contributed by atoms with van der Waals surface area (Å²) in [7, 11) is 0. The third-order valence-electron chi connectivity index (χ3n) is 2.66. The molecule has 1 heteroatoms. The molecule has 1 N–H and O–H groups in total. The van der Waals surface area contributed by atoms with Crippen LogP contribution in [0.15, 0.2) is 24.3 Å². The van der Waals surface area contributed by atoms with Gasteiger partial charge in [0.1, 0.15) is 0 Å². The van der Waals surface area contributed by atoms with Crippen LogP contribution in [0.25, 0.3) is 0 Å². The molecule has 0 radical (unpaired) electrons. The van der Waals surface area contributed by atoms with Crippen LogP contribution in [0, 0.1) is 0 Å². The third-order valence-corrected chi connectivity index (χ3v) is 2.66. The first-order chi connectivity index (χ1) is 6.91. The Bertz CT molecular complexity index is 307. The molecule has 0 aliphatic heterocycles. The van der Waals surface area contributed by atoms with Gasteiger partial charge in [-0.2, -0.15) is 0 Å². The number of hydrogen-bond donors (Lipinski definition) is 1. The van der Waals surface area contributed by atoms with Gasteiger partial charge in [-0.05, 0) is 36.3 Å². The van der Waals surface area contributed by atoms with Crippen molar-refractivity contribution in [2.75, 3.05) is 0 Å². The van der Waals surface area contributed by atoms with Crippen molar-refractivity contribution in [3.63, 3.8) is 0 Å². The Morgan fingerprint density at radius 1 is 1.20 bits per heavy atom. The largest absolute Gasteiger partial charge is 0.393 e. The lowest BCUT2D eigenvalue weighted by Gasteiger charge is -2.23. The normalized spacial score (nSPS) is 13.9. The first kappa shape index (κ1) is 12.3. The van der Waals surface area contributed by atoms with E-state index < -0.39 is 0 Å². The van der Waals surface area contributed by atoms with Crippen LogP contribution in [0.4, 0.5) is 0 Å². The molecule has 0 amide bonds. The lowest BCUT2D eigenvalue weighted by atomic mass is 9.82. The van der Waals surface area contributed by atoms with Crippen LogP contribution in [0.2, 0.25) is 0 Å². The number of aryl methyl sites for hydroxylation is 1. The molecular formula is C14H22O. The molecule has 0 aliphatic rings. The fourth-order valence-electron chi connectivity index (χ4n) is 1.83. The van der Waals surface area contributed by atoms with E-state index in [4.69, 9.17) is 0 Å². The average molecular weight is 206 g/mol. The van der Waals surface area contributed by atoms with Crippen LogP contribution in [0.5, 0.6) is 0 Å². The second-order valence-electron chi connectivity index (χ2n) is 5.29. The fraction of sp³-hybridized carbons (Fsp3) is 0.571. The van der Waals surface area contributed by atoms with Crippen LogP contribution < -0.4 is 0 Å². The topological polar surface area (TPSA) is 20.2 Å². The maximum Gasteiger partial charge on any atom is 0.0515 e. The maximum atomic E-state index is 9.31. The molecule has 15 heavy (non-hydrogen) atoms. The summed E-state index contributed by atoms with van der Waals surface area (Å²) in [6.45, 7) is 8.54. The molecule has 0 aliphatic carbocycles. The van der Waals surface area contributed by atoms with E-state index in [0.29, 0.717) is 0 Å². The van der Waals surface area contributed by atoms with Gasteiger partial charge >= 0.3 is 0 Å². The van der Waals surface area contributed by atoms with Crippen molar-refractivity contribution in [3.05, 3.63) is 35.4 Å². The first-order valence-corrected chi connectivity index (χ1v) is 5.67. The molecule has 1 rings (SSSR count). The van der Waals surface area contributed by atoms with Crippen LogP contribution in [-0.2, 0) is 11.8 Å². The maximum absolute atomic E-state index is 9.31. The van der Waals surface area contributed by atoms with E-state index in [9.17, 15) is 5.11 Å². The molecule has 0 unspecified atom stereocenters. The lowest BCUT2D eigenvalue weighted by molar-refractivity contribution is 0.184. The van der Waals surface area contributed by atoms with Gasteiger partial charge in [0.15, 0.2) is 0 Å². The summed E-state index contributed by atoms with van der Waals surface area (Å²) in [5, 5.41) is 9.31. The van der Waals surface area contributed by atoms with E-state index in [-0.39, 0.29) is 11.5 Å². The van der Waals surface area contributed by atoms with E-state index in [1.807, 2.05) is 6.92 Å². The number of benzene rings is 1. The number of hydrogen-bond acceptors (Lipinski definition) is 1. The molecule has 0 saturated carbocycles. The van der Waals surface area contributed by atoms with Crippen molar-refractivity contribution in [2.45, 2.75) is 52.1 Å². The first-order valence-electron chi connectivity index (χ1n) is 5.67. The van der Waals surface area contributed by atoms with E-state index in [2.05, 4.69) is 45.0 Å². The van der Waals surface area contributed by atoms with Gasteiger partial charge in [0.25, 0.3) is 0 Å². The van der Waals surface area contributed by atoms with Crippen LogP contribution >= 0.6 is 0 Å². The Morgan fingerprint density at radius 3 is 2.33 bits per heavy atom. The summed E-state index contributed by atoms with van der Waals surface area (Å²) >= 11 is 0. The van der Waals surface area contributed by atoms with Gasteiger partial charge in [-0.3, -0.25) is 0 Å². The van der Waals surface area contributed by atoms with Crippen molar-refractivity contribution in [1.82, 2.24) is 0 Å². The van der Waals surface area contributed by atoms with Gasteiger partial charge in [0.2, 0.25) is 0 Å². The van der Waals surface area contributed by atoms with E-state index in [0.717, 1.165) is 12.8 Å². The number of aliphatic hydroxyl groups excluding tert-OH is 1. The molecule has 0 fully saturated rings. The second kappa shape index (κ2) is 4.80. The van der Waals surface area contributed by atoms with E-state index >= 15 is 0 Å². The zero-order valence-corrected chi connectivity index (χ0v) is 10.2. The molecule has 0 aromatic heterocycles. The van der Waals surface area contributed by atoms with Crippen molar-refractivity contribution in [1.29, 1.82) is 0 Å². The Kier molecular flexibility index (Phi) is 3.92. The minimum atomic E-state index is -0.210. The summed E-state index contributed by atoms with van der Waals surface area (Å²) in [5.74, 6) is 0. The Labute approximate surface area is 93.1 Å². The van der Waals surface area contributed by atoms with Crippen LogP contribution in [0.3, 0.4) is 0 Å². The van der Waals surface area contributed by atoms with Gasteiger partial charge < -0.3 is 5.11 Å².